The van der Waals surface area contributed by atoms with Gasteiger partial charge in [-0.05, 0) is 42.8 Å². The normalized spacial score (nSPS) is 11.3. The third-order valence-corrected chi connectivity index (χ3v) is 4.97. The van der Waals surface area contributed by atoms with Crippen molar-refractivity contribution in [3.05, 3.63) is 64.4 Å². The Bertz CT molecular complexity index is 868. The molecule has 0 saturated carbocycles. The van der Waals surface area contributed by atoms with Gasteiger partial charge >= 0.3 is 0 Å². The minimum Gasteiger partial charge on any atom is -0.335 e. The fourth-order valence-corrected chi connectivity index (χ4v) is 3.10. The average Bonchev–Trinajstić information content (AvgIpc) is 2.51. The quantitative estimate of drug-likeness (QED) is 0.810. The van der Waals surface area contributed by atoms with E-state index in [4.69, 9.17) is 11.6 Å². The Hall–Kier alpha value is -1.92. The van der Waals surface area contributed by atoms with Gasteiger partial charge in [0, 0.05) is 19.3 Å². The van der Waals surface area contributed by atoms with E-state index >= 15 is 0 Å². The number of carbonyl (C=O) groups is 1. The Morgan fingerprint density at radius 3 is 2.50 bits per heavy atom. The smallest absolute Gasteiger partial charge is 0.255 e. The zero-order valence-electron chi connectivity index (χ0n) is 13.3. The van der Waals surface area contributed by atoms with Crippen LogP contribution in [0.1, 0.15) is 22.8 Å². The summed E-state index contributed by atoms with van der Waals surface area (Å²) in [7, 11) is -3.45. The zero-order chi connectivity index (χ0) is 17.9. The molecule has 0 aliphatic carbocycles. The van der Waals surface area contributed by atoms with Gasteiger partial charge < -0.3 is 4.90 Å². The molecule has 2 aromatic rings. The van der Waals surface area contributed by atoms with Crippen molar-refractivity contribution in [3.63, 3.8) is 0 Å². The Morgan fingerprint density at radius 1 is 1.21 bits per heavy atom. The first-order valence-electron chi connectivity index (χ1n) is 7.25. The summed E-state index contributed by atoms with van der Waals surface area (Å²) in [5, 5.41) is 0.171. The van der Waals surface area contributed by atoms with E-state index in [-0.39, 0.29) is 27.8 Å². The maximum atomic E-state index is 13.3. The summed E-state index contributed by atoms with van der Waals surface area (Å²) in [6, 6.07) is 9.99. The molecule has 2 aromatic carbocycles. The van der Waals surface area contributed by atoms with Crippen molar-refractivity contribution in [2.24, 2.45) is 0 Å². The topological polar surface area (TPSA) is 54.5 Å². The minimum atomic E-state index is -3.45. The monoisotopic (exact) mass is 369 g/mol. The van der Waals surface area contributed by atoms with Crippen molar-refractivity contribution in [3.8, 4) is 0 Å². The highest BCUT2D eigenvalue weighted by atomic mass is 35.5. The molecule has 7 heteroatoms. The van der Waals surface area contributed by atoms with Gasteiger partial charge in [-0.1, -0.05) is 23.7 Å². The number of nitrogens with zero attached hydrogens (tertiary/aromatic N) is 1. The summed E-state index contributed by atoms with van der Waals surface area (Å²) in [5.74, 6) is -0.787. The minimum absolute atomic E-state index is 0.0251. The highest BCUT2D eigenvalue weighted by Gasteiger charge is 2.20. The number of hydrogen-bond acceptors (Lipinski definition) is 3. The number of halogens is 2. The van der Waals surface area contributed by atoms with Crippen LogP contribution in [0.3, 0.4) is 0 Å². The lowest BCUT2D eigenvalue weighted by Gasteiger charge is -2.22. The molecule has 24 heavy (non-hydrogen) atoms. The average molecular weight is 370 g/mol. The first-order chi connectivity index (χ1) is 11.2. The molecule has 0 radical (unpaired) electrons. The van der Waals surface area contributed by atoms with Crippen LogP contribution in [-0.2, 0) is 16.4 Å². The van der Waals surface area contributed by atoms with Gasteiger partial charge in [-0.2, -0.15) is 0 Å². The fraction of sp³-hybridized carbons (Fsp3) is 0.235. The van der Waals surface area contributed by atoms with Crippen molar-refractivity contribution < 1.29 is 17.6 Å². The van der Waals surface area contributed by atoms with E-state index in [2.05, 4.69) is 0 Å². The molecule has 0 saturated heterocycles. The number of carbonyl (C=O) groups excluding carboxylic acids is 1. The van der Waals surface area contributed by atoms with E-state index in [1.54, 1.807) is 19.1 Å². The van der Waals surface area contributed by atoms with Crippen molar-refractivity contribution in [1.29, 1.82) is 0 Å². The zero-order valence-corrected chi connectivity index (χ0v) is 14.9. The summed E-state index contributed by atoms with van der Waals surface area (Å²) >= 11 is 6.07. The van der Waals surface area contributed by atoms with Crippen LogP contribution in [0.2, 0.25) is 5.02 Å². The maximum Gasteiger partial charge on any atom is 0.255 e. The summed E-state index contributed by atoms with van der Waals surface area (Å²) in [6.45, 7) is 2.35. The summed E-state index contributed by atoms with van der Waals surface area (Å²) in [5.41, 5.74) is 0.749. The number of hydrogen-bond donors (Lipinski definition) is 0. The highest BCUT2D eigenvalue weighted by Crippen LogP contribution is 2.23. The second-order valence-corrected chi connectivity index (χ2v) is 7.79. The van der Waals surface area contributed by atoms with Crippen LogP contribution >= 0.6 is 11.6 Å². The van der Waals surface area contributed by atoms with E-state index < -0.39 is 15.7 Å². The van der Waals surface area contributed by atoms with Crippen molar-refractivity contribution in [2.75, 3.05) is 12.8 Å². The van der Waals surface area contributed by atoms with E-state index in [0.717, 1.165) is 6.26 Å². The Kier molecular flexibility index (Phi) is 5.62. The molecule has 4 nitrogen and oxygen atoms in total. The summed E-state index contributed by atoms with van der Waals surface area (Å²) in [6.07, 6.45) is 1.06. The van der Waals surface area contributed by atoms with Gasteiger partial charge in [-0.15, -0.1) is 0 Å². The number of sulfone groups is 1. The fourth-order valence-electron chi connectivity index (χ4n) is 2.25. The molecular weight excluding hydrogens is 353 g/mol. The first-order valence-corrected chi connectivity index (χ1v) is 9.52. The van der Waals surface area contributed by atoms with Crippen molar-refractivity contribution in [2.45, 2.75) is 18.4 Å². The van der Waals surface area contributed by atoms with Crippen LogP contribution < -0.4 is 0 Å². The molecule has 0 heterocycles. The van der Waals surface area contributed by atoms with E-state index in [1.165, 1.54) is 35.2 Å². The van der Waals surface area contributed by atoms with Crippen molar-refractivity contribution in [1.82, 2.24) is 4.90 Å². The van der Waals surface area contributed by atoms with Gasteiger partial charge in [0.15, 0.2) is 9.84 Å². The molecule has 128 valence electrons. The number of amides is 1. The first kappa shape index (κ1) is 18.4. The van der Waals surface area contributed by atoms with Crippen molar-refractivity contribution >= 4 is 27.3 Å². The number of benzene rings is 2. The molecule has 1 amide bonds. The Labute approximate surface area is 145 Å². The second kappa shape index (κ2) is 7.32. The Morgan fingerprint density at radius 2 is 1.92 bits per heavy atom. The molecule has 0 fully saturated rings. The molecule has 0 unspecified atom stereocenters. The molecular formula is C17H17ClFNO3S. The maximum absolute atomic E-state index is 13.3. The predicted octanol–water partition coefficient (Wildman–Crippen LogP) is 3.54. The molecule has 0 aromatic heterocycles. The van der Waals surface area contributed by atoms with Crippen LogP contribution in [0.15, 0.2) is 47.4 Å². The predicted molar refractivity (Wildman–Crippen MR) is 91.4 cm³/mol. The molecule has 0 N–H and O–H groups in total. The van der Waals surface area contributed by atoms with Crippen LogP contribution in [0.5, 0.6) is 0 Å². The van der Waals surface area contributed by atoms with Gasteiger partial charge in [0.05, 0.1) is 15.5 Å². The molecule has 0 aliphatic heterocycles. The van der Waals surface area contributed by atoms with Gasteiger partial charge in [0.1, 0.15) is 5.82 Å². The lowest BCUT2D eigenvalue weighted by atomic mass is 10.1. The molecule has 0 aliphatic rings. The number of rotatable bonds is 5. The molecule has 2 rings (SSSR count). The van der Waals surface area contributed by atoms with Crippen LogP contribution in [0.25, 0.3) is 0 Å². The van der Waals surface area contributed by atoms with Gasteiger partial charge in [-0.3, -0.25) is 4.79 Å². The third kappa shape index (κ3) is 4.33. The molecule has 0 atom stereocenters. The van der Waals surface area contributed by atoms with E-state index in [0.29, 0.717) is 12.1 Å². The van der Waals surface area contributed by atoms with Gasteiger partial charge in [-0.25, -0.2) is 12.8 Å². The molecule has 0 bridgehead atoms. The van der Waals surface area contributed by atoms with E-state index in [1.807, 2.05) is 0 Å². The second-order valence-electron chi connectivity index (χ2n) is 5.36. The highest BCUT2D eigenvalue weighted by molar-refractivity contribution is 7.90. The van der Waals surface area contributed by atoms with Crippen LogP contribution in [0, 0.1) is 5.82 Å². The Balaban J connectivity index is 2.35. The molecule has 0 spiro atoms. The van der Waals surface area contributed by atoms with Crippen LogP contribution in [0.4, 0.5) is 4.39 Å². The lowest BCUT2D eigenvalue weighted by molar-refractivity contribution is 0.0752. The SMILES string of the molecule is CCN(Cc1cccc(F)c1)C(=O)c1cc(S(C)(=O)=O)ccc1Cl. The lowest BCUT2D eigenvalue weighted by Crippen LogP contribution is -2.30. The third-order valence-electron chi connectivity index (χ3n) is 3.53. The standard InChI is InChI=1S/C17H17ClFNO3S/c1-3-20(11-12-5-4-6-13(19)9-12)17(21)15-10-14(24(2,22)23)7-8-16(15)18/h4-10H,3,11H2,1-2H3. The van der Waals surface area contributed by atoms with Gasteiger partial charge in [0.2, 0.25) is 0 Å². The summed E-state index contributed by atoms with van der Waals surface area (Å²) < 4.78 is 36.7. The largest absolute Gasteiger partial charge is 0.335 e. The summed E-state index contributed by atoms with van der Waals surface area (Å²) in [4.78, 5) is 14.2. The van der Waals surface area contributed by atoms with Crippen LogP contribution in [-0.4, -0.2) is 32.0 Å². The van der Waals surface area contributed by atoms with Gasteiger partial charge in [0.25, 0.3) is 5.91 Å². The van der Waals surface area contributed by atoms with E-state index in [9.17, 15) is 17.6 Å².